The van der Waals surface area contributed by atoms with E-state index < -0.39 is 30.2 Å². The van der Waals surface area contributed by atoms with E-state index in [0.717, 1.165) is 12.1 Å². The number of carbonyl (C=O) groups is 2. The number of nitrogens with one attached hydrogen (secondary N) is 1. The highest BCUT2D eigenvalue weighted by atomic mass is 19.4. The van der Waals surface area contributed by atoms with E-state index in [9.17, 15) is 27.6 Å². The first-order valence-corrected chi connectivity index (χ1v) is 8.61. The number of para-hydroxylation sites is 1. The second-order valence-electron chi connectivity index (χ2n) is 6.29. The van der Waals surface area contributed by atoms with Crippen molar-refractivity contribution in [2.75, 3.05) is 6.54 Å². The number of hydrogen-bond acceptors (Lipinski definition) is 4. The molecule has 0 unspecified atom stereocenters. The average molecular weight is 420 g/mol. The van der Waals surface area contributed by atoms with Crippen LogP contribution in [0.1, 0.15) is 15.9 Å². The van der Waals surface area contributed by atoms with Crippen LogP contribution in [-0.4, -0.2) is 34.5 Å². The van der Waals surface area contributed by atoms with E-state index in [0.29, 0.717) is 11.1 Å². The number of carboxylic acids is 1. The van der Waals surface area contributed by atoms with Gasteiger partial charge in [0.05, 0.1) is 5.52 Å². The summed E-state index contributed by atoms with van der Waals surface area (Å²) in [6.45, 7) is -0.502. The fourth-order valence-corrected chi connectivity index (χ4v) is 2.88. The Kier molecular flexibility index (Phi) is 5.77. The number of amides is 1. The molecule has 1 aromatic heterocycles. The number of aromatic nitrogens is 1. The van der Waals surface area contributed by atoms with E-state index in [4.69, 9.17) is 5.11 Å². The van der Waals surface area contributed by atoms with Gasteiger partial charge in [0.2, 0.25) is 5.43 Å². The van der Waals surface area contributed by atoms with Gasteiger partial charge < -0.3 is 19.7 Å². The lowest BCUT2D eigenvalue weighted by Crippen LogP contribution is -2.33. The Morgan fingerprint density at radius 1 is 1.07 bits per heavy atom. The van der Waals surface area contributed by atoms with E-state index in [-0.39, 0.29) is 23.2 Å². The van der Waals surface area contributed by atoms with E-state index in [1.54, 1.807) is 22.8 Å². The second kappa shape index (κ2) is 8.27. The van der Waals surface area contributed by atoms with Crippen LogP contribution in [0, 0.1) is 0 Å². The number of carbonyl (C=O) groups excluding carboxylic acids is 1. The third-order valence-electron chi connectivity index (χ3n) is 4.14. The van der Waals surface area contributed by atoms with Gasteiger partial charge in [0.25, 0.3) is 5.91 Å². The Morgan fingerprint density at radius 3 is 2.37 bits per heavy atom. The topological polar surface area (TPSA) is 97.6 Å². The quantitative estimate of drug-likeness (QED) is 0.639. The molecule has 1 amide bonds. The molecule has 156 valence electrons. The zero-order valence-electron chi connectivity index (χ0n) is 15.3. The Balaban J connectivity index is 1.97. The molecular weight excluding hydrogens is 405 g/mol. The fraction of sp³-hybridized carbons (Fsp3) is 0.150. The smallest absolute Gasteiger partial charge is 0.480 e. The molecule has 3 rings (SSSR count). The van der Waals surface area contributed by atoms with Gasteiger partial charge in [-0.15, -0.1) is 13.2 Å². The predicted octanol–water partition coefficient (Wildman–Crippen LogP) is 2.76. The molecule has 2 aromatic carbocycles. The minimum absolute atomic E-state index is 0.145. The fourth-order valence-electron chi connectivity index (χ4n) is 2.88. The number of alkyl halides is 3. The van der Waals surface area contributed by atoms with Crippen molar-refractivity contribution in [3.63, 3.8) is 0 Å². The van der Waals surface area contributed by atoms with Crippen LogP contribution in [0.5, 0.6) is 5.75 Å². The molecule has 2 N–H and O–H groups in total. The number of ether oxygens (including phenoxy) is 1. The number of nitrogens with zero attached hydrogens (tertiary/aromatic N) is 1. The number of carboxylic acid groups (broad SMARTS) is 1. The van der Waals surface area contributed by atoms with Crippen molar-refractivity contribution in [2.24, 2.45) is 0 Å². The maximum atomic E-state index is 12.7. The zero-order chi connectivity index (χ0) is 21.9. The lowest BCUT2D eigenvalue weighted by molar-refractivity contribution is -0.274. The average Bonchev–Trinajstić information content (AvgIpc) is 2.68. The minimum atomic E-state index is -4.80. The summed E-state index contributed by atoms with van der Waals surface area (Å²) in [4.78, 5) is 35.6. The monoisotopic (exact) mass is 420 g/mol. The first-order chi connectivity index (χ1) is 14.1. The molecule has 0 aliphatic carbocycles. The Morgan fingerprint density at radius 2 is 1.73 bits per heavy atom. The van der Waals surface area contributed by atoms with Crippen LogP contribution in [0.4, 0.5) is 13.2 Å². The first kappa shape index (κ1) is 20.9. The highest BCUT2D eigenvalue weighted by Gasteiger charge is 2.30. The van der Waals surface area contributed by atoms with Crippen molar-refractivity contribution < 1.29 is 32.6 Å². The minimum Gasteiger partial charge on any atom is -0.480 e. The summed E-state index contributed by atoms with van der Waals surface area (Å²) in [7, 11) is 0. The summed E-state index contributed by atoms with van der Waals surface area (Å²) >= 11 is 0. The van der Waals surface area contributed by atoms with Gasteiger partial charge in [-0.25, -0.2) is 0 Å². The van der Waals surface area contributed by atoms with Gasteiger partial charge >= 0.3 is 12.3 Å². The standard InChI is InChI=1S/C20H15F3N2O5/c21-20(22,23)30-13-7-5-12(6-8-13)10-25-11-15(19(29)24-9-17(26)27)18(28)14-3-1-2-4-16(14)25/h1-8,11H,9-10H2,(H,24,29)(H,26,27). The van der Waals surface area contributed by atoms with Crippen molar-refractivity contribution in [1.82, 2.24) is 9.88 Å². The maximum Gasteiger partial charge on any atom is 0.573 e. The van der Waals surface area contributed by atoms with Crippen molar-refractivity contribution >= 4 is 22.8 Å². The van der Waals surface area contributed by atoms with Crippen LogP contribution < -0.4 is 15.5 Å². The van der Waals surface area contributed by atoms with Crippen molar-refractivity contribution in [3.05, 3.63) is 76.1 Å². The molecule has 0 aliphatic rings. The molecular formula is C20H15F3N2O5. The van der Waals surface area contributed by atoms with Gasteiger partial charge in [0, 0.05) is 18.1 Å². The van der Waals surface area contributed by atoms with Gasteiger partial charge in [0.15, 0.2) is 0 Å². The molecule has 10 heteroatoms. The third-order valence-corrected chi connectivity index (χ3v) is 4.14. The molecule has 0 spiro atoms. The van der Waals surface area contributed by atoms with Crippen molar-refractivity contribution in [2.45, 2.75) is 12.9 Å². The summed E-state index contributed by atoms with van der Waals surface area (Å²) in [5.41, 5.74) is 0.300. The summed E-state index contributed by atoms with van der Waals surface area (Å²) < 4.78 is 42.3. The molecule has 0 saturated carbocycles. The number of rotatable bonds is 6. The number of hydrogen-bond donors (Lipinski definition) is 2. The summed E-state index contributed by atoms with van der Waals surface area (Å²) in [5.74, 6) is -2.47. The highest BCUT2D eigenvalue weighted by molar-refractivity contribution is 5.98. The summed E-state index contributed by atoms with van der Waals surface area (Å²) in [6.07, 6.45) is -3.50. The lowest BCUT2D eigenvalue weighted by Gasteiger charge is -2.14. The van der Waals surface area contributed by atoms with Crippen LogP contribution in [0.15, 0.2) is 59.5 Å². The molecule has 0 fully saturated rings. The largest absolute Gasteiger partial charge is 0.573 e. The molecule has 30 heavy (non-hydrogen) atoms. The Hall–Kier alpha value is -3.82. The number of aliphatic carboxylic acids is 1. The predicted molar refractivity (Wildman–Crippen MR) is 100 cm³/mol. The van der Waals surface area contributed by atoms with Crippen molar-refractivity contribution in [3.8, 4) is 5.75 Å². The number of halogens is 3. The van der Waals surface area contributed by atoms with E-state index >= 15 is 0 Å². The first-order valence-electron chi connectivity index (χ1n) is 8.61. The van der Waals surface area contributed by atoms with E-state index in [1.165, 1.54) is 24.4 Å². The Labute approximate surface area is 167 Å². The van der Waals surface area contributed by atoms with E-state index in [1.807, 2.05) is 0 Å². The third kappa shape index (κ3) is 4.96. The maximum absolute atomic E-state index is 12.7. The van der Waals surface area contributed by atoms with E-state index in [2.05, 4.69) is 10.1 Å². The molecule has 0 saturated heterocycles. The lowest BCUT2D eigenvalue weighted by atomic mass is 10.1. The van der Waals surface area contributed by atoms with Gasteiger partial charge in [-0.05, 0) is 29.8 Å². The van der Waals surface area contributed by atoms with Gasteiger partial charge in [-0.1, -0.05) is 24.3 Å². The molecule has 3 aromatic rings. The number of fused-ring (bicyclic) bond motifs is 1. The zero-order valence-corrected chi connectivity index (χ0v) is 15.3. The highest BCUT2D eigenvalue weighted by Crippen LogP contribution is 2.23. The SMILES string of the molecule is O=C(O)CNC(=O)c1cn(Cc2ccc(OC(F)(F)F)cc2)c2ccccc2c1=O. The normalized spacial score (nSPS) is 11.3. The van der Waals surface area contributed by atoms with Crippen LogP contribution in [0.2, 0.25) is 0 Å². The van der Waals surface area contributed by atoms with Crippen molar-refractivity contribution in [1.29, 1.82) is 0 Å². The van der Waals surface area contributed by atoms with Crippen LogP contribution in [0.3, 0.4) is 0 Å². The molecule has 0 bridgehead atoms. The molecule has 0 atom stereocenters. The molecule has 0 aliphatic heterocycles. The van der Waals surface area contributed by atoms with Gasteiger partial charge in [0.1, 0.15) is 17.9 Å². The van der Waals surface area contributed by atoms with Crippen LogP contribution in [-0.2, 0) is 11.3 Å². The molecule has 1 heterocycles. The number of pyridine rings is 1. The number of benzene rings is 2. The summed E-state index contributed by atoms with van der Waals surface area (Å²) in [5, 5.41) is 11.1. The summed E-state index contributed by atoms with van der Waals surface area (Å²) in [6, 6.07) is 11.7. The van der Waals surface area contributed by atoms with Crippen LogP contribution in [0.25, 0.3) is 10.9 Å². The molecule has 0 radical (unpaired) electrons. The molecule has 7 nitrogen and oxygen atoms in total. The Bertz CT molecular complexity index is 1150. The van der Waals surface area contributed by atoms with Gasteiger partial charge in [-0.2, -0.15) is 0 Å². The second-order valence-corrected chi connectivity index (χ2v) is 6.29. The van der Waals surface area contributed by atoms with Gasteiger partial charge in [-0.3, -0.25) is 14.4 Å². The van der Waals surface area contributed by atoms with Crippen LogP contribution >= 0.6 is 0 Å².